The van der Waals surface area contributed by atoms with E-state index in [0.29, 0.717) is 5.69 Å². The zero-order valence-corrected chi connectivity index (χ0v) is 15.7. The summed E-state index contributed by atoms with van der Waals surface area (Å²) < 4.78 is 1.63. The van der Waals surface area contributed by atoms with Crippen LogP contribution in [0.4, 0.5) is 0 Å². The first-order valence-electron chi connectivity index (χ1n) is 9.27. The van der Waals surface area contributed by atoms with Gasteiger partial charge in [-0.15, -0.1) is 5.10 Å². The maximum Gasteiger partial charge on any atom is 0.308 e. The third kappa shape index (κ3) is 3.33. The van der Waals surface area contributed by atoms with E-state index in [9.17, 15) is 14.7 Å². The van der Waals surface area contributed by atoms with Crippen LogP contribution in [0.3, 0.4) is 0 Å². The number of amides is 1. The number of nitrogens with zero attached hydrogens (tertiary/aromatic N) is 5. The molecule has 1 N–H and O–H groups in total. The molecule has 8 nitrogen and oxygen atoms in total. The minimum Gasteiger partial charge on any atom is -0.481 e. The summed E-state index contributed by atoms with van der Waals surface area (Å²) in [5.41, 5.74) is 2.56. The molecule has 1 atom stereocenters. The van der Waals surface area contributed by atoms with Crippen LogP contribution < -0.4 is 0 Å². The van der Waals surface area contributed by atoms with Gasteiger partial charge in [-0.25, -0.2) is 4.68 Å². The predicted octanol–water partition coefficient (Wildman–Crippen LogP) is 2.45. The Kier molecular flexibility index (Phi) is 4.54. The Bertz CT molecular complexity index is 1060. The van der Waals surface area contributed by atoms with Crippen LogP contribution in [0, 0.1) is 12.8 Å². The molecule has 0 spiro atoms. The summed E-state index contributed by atoms with van der Waals surface area (Å²) in [6, 6.07) is 9.65. The molecule has 0 radical (unpaired) electrons. The van der Waals surface area contributed by atoms with Gasteiger partial charge in [-0.2, -0.15) is 0 Å². The van der Waals surface area contributed by atoms with Crippen LogP contribution in [0.5, 0.6) is 0 Å². The van der Waals surface area contributed by atoms with Crippen LogP contribution in [-0.2, 0) is 4.79 Å². The number of aliphatic carboxylic acids is 1. The third-order valence-electron chi connectivity index (χ3n) is 5.07. The van der Waals surface area contributed by atoms with Crippen LogP contribution in [0.15, 0.2) is 36.5 Å². The van der Waals surface area contributed by atoms with Crippen LogP contribution in [0.25, 0.3) is 16.6 Å². The Balaban J connectivity index is 1.64. The van der Waals surface area contributed by atoms with Crippen LogP contribution in [0.1, 0.15) is 35.9 Å². The lowest BCUT2D eigenvalue weighted by Crippen LogP contribution is -2.39. The number of carbonyl (C=O) groups excluding carboxylic acids is 1. The van der Waals surface area contributed by atoms with Gasteiger partial charge in [-0.1, -0.05) is 18.2 Å². The van der Waals surface area contributed by atoms with E-state index in [2.05, 4.69) is 15.3 Å². The molecular weight excluding hydrogens is 358 g/mol. The van der Waals surface area contributed by atoms with E-state index in [0.717, 1.165) is 29.4 Å². The molecule has 4 rings (SSSR count). The molecular formula is C20H21N5O3. The van der Waals surface area contributed by atoms with E-state index < -0.39 is 11.9 Å². The van der Waals surface area contributed by atoms with Gasteiger partial charge in [0.15, 0.2) is 5.69 Å². The third-order valence-corrected chi connectivity index (χ3v) is 5.07. The zero-order chi connectivity index (χ0) is 19.8. The SMILES string of the molecule is Cc1c(C(=O)N(CC(C)C(=O)O)C2CC2)nnn1-c1ccc2ncccc2c1. The van der Waals surface area contributed by atoms with Gasteiger partial charge in [0.25, 0.3) is 5.91 Å². The molecule has 3 aromatic rings. The van der Waals surface area contributed by atoms with E-state index in [4.69, 9.17) is 0 Å². The molecule has 1 aromatic carbocycles. The van der Waals surface area contributed by atoms with Crippen molar-refractivity contribution < 1.29 is 14.7 Å². The van der Waals surface area contributed by atoms with Gasteiger partial charge >= 0.3 is 5.97 Å². The molecule has 1 aliphatic rings. The second-order valence-corrected chi connectivity index (χ2v) is 7.24. The summed E-state index contributed by atoms with van der Waals surface area (Å²) in [6.07, 6.45) is 3.52. The van der Waals surface area contributed by atoms with Crippen molar-refractivity contribution in [3.63, 3.8) is 0 Å². The molecule has 1 aliphatic carbocycles. The zero-order valence-electron chi connectivity index (χ0n) is 15.7. The number of hydrogen-bond acceptors (Lipinski definition) is 5. The molecule has 1 unspecified atom stereocenters. The number of fused-ring (bicyclic) bond motifs is 1. The molecule has 2 heterocycles. The molecule has 0 bridgehead atoms. The number of rotatable bonds is 6. The van der Waals surface area contributed by atoms with Gasteiger partial charge in [0.1, 0.15) is 0 Å². The highest BCUT2D eigenvalue weighted by atomic mass is 16.4. The lowest BCUT2D eigenvalue weighted by Gasteiger charge is -2.23. The number of carboxylic acids is 1. The monoisotopic (exact) mass is 379 g/mol. The largest absolute Gasteiger partial charge is 0.481 e. The van der Waals surface area contributed by atoms with Gasteiger partial charge in [0, 0.05) is 24.2 Å². The first-order chi connectivity index (χ1) is 13.5. The minimum absolute atomic E-state index is 0.0885. The summed E-state index contributed by atoms with van der Waals surface area (Å²) in [5, 5.41) is 18.5. The van der Waals surface area contributed by atoms with Crippen LogP contribution in [-0.4, -0.2) is 54.4 Å². The van der Waals surface area contributed by atoms with Crippen molar-refractivity contribution in [3.05, 3.63) is 47.9 Å². The van der Waals surface area contributed by atoms with E-state index in [1.54, 1.807) is 29.6 Å². The molecule has 8 heteroatoms. The Hall–Kier alpha value is -3.29. The summed E-state index contributed by atoms with van der Waals surface area (Å²) in [6.45, 7) is 3.58. The fraction of sp³-hybridized carbons (Fsp3) is 0.350. The summed E-state index contributed by atoms with van der Waals surface area (Å²) >= 11 is 0. The van der Waals surface area contributed by atoms with Crippen molar-refractivity contribution in [1.82, 2.24) is 24.9 Å². The molecule has 1 saturated carbocycles. The smallest absolute Gasteiger partial charge is 0.308 e. The highest BCUT2D eigenvalue weighted by molar-refractivity contribution is 5.94. The van der Waals surface area contributed by atoms with Gasteiger partial charge < -0.3 is 10.0 Å². The summed E-state index contributed by atoms with van der Waals surface area (Å²) in [5.74, 6) is -1.81. The quantitative estimate of drug-likeness (QED) is 0.706. The first-order valence-corrected chi connectivity index (χ1v) is 9.27. The Labute approximate surface area is 161 Å². The Morgan fingerprint density at radius 2 is 2.11 bits per heavy atom. The average molecular weight is 379 g/mol. The maximum atomic E-state index is 13.1. The molecule has 1 fully saturated rings. The van der Waals surface area contributed by atoms with Crippen molar-refractivity contribution in [3.8, 4) is 5.69 Å². The first kappa shape index (κ1) is 18.1. The number of carbonyl (C=O) groups is 2. The van der Waals surface area contributed by atoms with Gasteiger partial charge in [-0.05, 0) is 44.0 Å². The number of benzene rings is 1. The average Bonchev–Trinajstić information content (AvgIpc) is 3.46. The number of hydrogen-bond donors (Lipinski definition) is 1. The summed E-state index contributed by atoms with van der Waals surface area (Å²) in [7, 11) is 0. The highest BCUT2D eigenvalue weighted by Gasteiger charge is 2.36. The topological polar surface area (TPSA) is 101 Å². The van der Waals surface area contributed by atoms with Crippen LogP contribution in [0.2, 0.25) is 0 Å². The van der Waals surface area contributed by atoms with E-state index in [1.165, 1.54) is 0 Å². The predicted molar refractivity (Wildman–Crippen MR) is 102 cm³/mol. The van der Waals surface area contributed by atoms with Crippen molar-refractivity contribution in [2.75, 3.05) is 6.54 Å². The van der Waals surface area contributed by atoms with Crippen molar-refractivity contribution >= 4 is 22.8 Å². The molecule has 2 aromatic heterocycles. The minimum atomic E-state index is -0.913. The van der Waals surface area contributed by atoms with Crippen molar-refractivity contribution in [2.24, 2.45) is 5.92 Å². The molecule has 1 amide bonds. The van der Waals surface area contributed by atoms with E-state index in [-0.39, 0.29) is 24.2 Å². The lowest BCUT2D eigenvalue weighted by atomic mass is 10.1. The fourth-order valence-electron chi connectivity index (χ4n) is 3.26. The molecule has 28 heavy (non-hydrogen) atoms. The Morgan fingerprint density at radius 1 is 1.32 bits per heavy atom. The van der Waals surface area contributed by atoms with Gasteiger partial charge in [-0.3, -0.25) is 14.6 Å². The molecule has 0 aliphatic heterocycles. The normalized spacial score (nSPS) is 14.8. The summed E-state index contributed by atoms with van der Waals surface area (Å²) in [4.78, 5) is 30.2. The Morgan fingerprint density at radius 3 is 2.82 bits per heavy atom. The van der Waals surface area contributed by atoms with Crippen molar-refractivity contribution in [2.45, 2.75) is 32.7 Å². The van der Waals surface area contributed by atoms with Crippen molar-refractivity contribution in [1.29, 1.82) is 0 Å². The highest BCUT2D eigenvalue weighted by Crippen LogP contribution is 2.29. The van der Waals surface area contributed by atoms with E-state index in [1.807, 2.05) is 30.3 Å². The van der Waals surface area contributed by atoms with Crippen LogP contribution >= 0.6 is 0 Å². The number of pyridine rings is 1. The number of aromatic nitrogens is 4. The van der Waals surface area contributed by atoms with Gasteiger partial charge in [0.05, 0.1) is 22.8 Å². The fourth-order valence-corrected chi connectivity index (χ4v) is 3.26. The number of carboxylic acid groups (broad SMARTS) is 1. The second kappa shape index (κ2) is 7.03. The standard InChI is InChI=1S/C20H21N5O3/c1-12(20(27)28)11-24(15-5-6-15)19(26)18-13(2)25(23-22-18)16-7-8-17-14(10-16)4-3-9-21-17/h3-4,7-10,12,15H,5-6,11H2,1-2H3,(H,27,28). The van der Waals surface area contributed by atoms with E-state index >= 15 is 0 Å². The van der Waals surface area contributed by atoms with Gasteiger partial charge in [0.2, 0.25) is 0 Å². The molecule has 144 valence electrons. The second-order valence-electron chi connectivity index (χ2n) is 7.24. The maximum absolute atomic E-state index is 13.1. The lowest BCUT2D eigenvalue weighted by molar-refractivity contribution is -0.141. The molecule has 0 saturated heterocycles.